The minimum atomic E-state index is -1.84. The van der Waals surface area contributed by atoms with Crippen LogP contribution in [0.15, 0.2) is 35.5 Å². The standard InChI is InChI=1S/C13H21NO4Si2/c1-5-11(2)19-18-20(3,4)10-17-13-8-6-12(7-9-13)14(15)16/h5-9H,10,19H2,1-4H3. The van der Waals surface area contributed by atoms with E-state index in [0.717, 1.165) is 0 Å². The number of nitrogens with zero attached hydrogens (tertiary/aromatic N) is 1. The van der Waals surface area contributed by atoms with Gasteiger partial charge in [0, 0.05) is 12.1 Å². The number of nitro groups is 1. The Morgan fingerprint density at radius 1 is 1.40 bits per heavy atom. The molecule has 0 aliphatic heterocycles. The summed E-state index contributed by atoms with van der Waals surface area (Å²) in [6.07, 6.45) is 2.64. The lowest BCUT2D eigenvalue weighted by Crippen LogP contribution is -2.39. The van der Waals surface area contributed by atoms with Gasteiger partial charge in [-0.3, -0.25) is 10.1 Å². The van der Waals surface area contributed by atoms with E-state index in [2.05, 4.69) is 26.1 Å². The van der Waals surface area contributed by atoms with E-state index in [1.165, 1.54) is 17.3 Å². The van der Waals surface area contributed by atoms with Gasteiger partial charge < -0.3 is 8.85 Å². The van der Waals surface area contributed by atoms with E-state index in [0.29, 0.717) is 12.0 Å². The van der Waals surface area contributed by atoms with Gasteiger partial charge in [-0.1, -0.05) is 11.3 Å². The van der Waals surface area contributed by atoms with Gasteiger partial charge in [0.2, 0.25) is 8.32 Å². The van der Waals surface area contributed by atoms with Gasteiger partial charge in [-0.15, -0.1) is 0 Å². The third-order valence-electron chi connectivity index (χ3n) is 2.82. The molecule has 0 fully saturated rings. The molecule has 7 heteroatoms. The Labute approximate surface area is 122 Å². The molecule has 0 atom stereocenters. The number of nitro benzene ring substituents is 1. The quantitative estimate of drug-likeness (QED) is 0.441. The van der Waals surface area contributed by atoms with Crippen LogP contribution in [0.1, 0.15) is 13.8 Å². The Bertz CT molecular complexity index is 486. The summed E-state index contributed by atoms with van der Waals surface area (Å²) in [6.45, 7) is 8.35. The summed E-state index contributed by atoms with van der Waals surface area (Å²) in [5.41, 5.74) is 0.0706. The molecule has 0 aliphatic carbocycles. The maximum Gasteiger partial charge on any atom is 0.269 e. The largest absolute Gasteiger partial charge is 0.494 e. The first kappa shape index (κ1) is 16.6. The Morgan fingerprint density at radius 2 is 2.00 bits per heavy atom. The minimum Gasteiger partial charge on any atom is -0.494 e. The van der Waals surface area contributed by atoms with Gasteiger partial charge in [0.25, 0.3) is 5.69 Å². The van der Waals surface area contributed by atoms with E-state index in [9.17, 15) is 10.1 Å². The van der Waals surface area contributed by atoms with Crippen molar-refractivity contribution in [1.82, 2.24) is 0 Å². The maximum absolute atomic E-state index is 10.6. The SMILES string of the molecule is CC=C(C)[SiH2]O[Si](C)(C)COc1ccc([N+](=O)[O-])cc1. The third-order valence-corrected chi connectivity index (χ3v) is 8.22. The van der Waals surface area contributed by atoms with Crippen LogP contribution in [0.5, 0.6) is 5.75 Å². The van der Waals surface area contributed by atoms with Gasteiger partial charge in [0.1, 0.15) is 12.0 Å². The number of hydrogen-bond donors (Lipinski definition) is 0. The fourth-order valence-corrected chi connectivity index (χ4v) is 4.84. The van der Waals surface area contributed by atoms with Gasteiger partial charge in [0.05, 0.1) is 4.92 Å². The summed E-state index contributed by atoms with van der Waals surface area (Å²) in [5.74, 6) is 0.643. The molecular formula is C13H21NO4Si2. The fraction of sp³-hybridized carbons (Fsp3) is 0.385. The zero-order chi connectivity index (χ0) is 15.2. The molecule has 0 saturated carbocycles. The van der Waals surface area contributed by atoms with Crippen molar-refractivity contribution in [2.45, 2.75) is 26.9 Å². The number of allylic oxidation sites excluding steroid dienone is 2. The summed E-state index contributed by atoms with van der Waals surface area (Å²) in [5, 5.41) is 11.9. The van der Waals surface area contributed by atoms with E-state index in [1.54, 1.807) is 12.1 Å². The van der Waals surface area contributed by atoms with Crippen LogP contribution in [0.2, 0.25) is 13.1 Å². The molecule has 0 radical (unpaired) electrons. The number of rotatable bonds is 7. The number of ether oxygens (including phenoxy) is 1. The van der Waals surface area contributed by atoms with Crippen molar-refractivity contribution in [2.75, 3.05) is 6.23 Å². The molecule has 1 rings (SSSR count). The molecule has 1 aromatic rings. The fourth-order valence-electron chi connectivity index (χ4n) is 1.36. The van der Waals surface area contributed by atoms with E-state index in [-0.39, 0.29) is 5.69 Å². The maximum atomic E-state index is 10.6. The molecule has 0 spiro atoms. The highest BCUT2D eigenvalue weighted by atomic mass is 28.4. The summed E-state index contributed by atoms with van der Waals surface area (Å²) < 4.78 is 11.7. The van der Waals surface area contributed by atoms with Crippen LogP contribution in [0.3, 0.4) is 0 Å². The molecule has 5 nitrogen and oxygen atoms in total. The molecule has 0 N–H and O–H groups in total. The van der Waals surface area contributed by atoms with Gasteiger partial charge in [-0.2, -0.15) is 0 Å². The summed E-state index contributed by atoms with van der Waals surface area (Å²) in [7, 11) is -2.47. The second-order valence-electron chi connectivity index (χ2n) is 5.22. The Kier molecular flexibility index (Phi) is 6.12. The molecule has 20 heavy (non-hydrogen) atoms. The second kappa shape index (κ2) is 7.37. The van der Waals surface area contributed by atoms with Crippen molar-refractivity contribution in [3.8, 4) is 5.75 Å². The van der Waals surface area contributed by atoms with Crippen molar-refractivity contribution in [3.05, 3.63) is 45.7 Å². The molecule has 0 aliphatic rings. The van der Waals surface area contributed by atoms with Crippen LogP contribution in [0, 0.1) is 10.1 Å². The Balaban J connectivity index is 2.50. The first-order valence-corrected chi connectivity index (χ1v) is 10.9. The third kappa shape index (κ3) is 5.68. The zero-order valence-corrected chi connectivity index (χ0v) is 14.8. The zero-order valence-electron chi connectivity index (χ0n) is 12.4. The van der Waals surface area contributed by atoms with Gasteiger partial charge >= 0.3 is 0 Å². The Morgan fingerprint density at radius 3 is 2.50 bits per heavy atom. The Hall–Kier alpha value is -1.45. The lowest BCUT2D eigenvalue weighted by Gasteiger charge is -2.23. The average Bonchev–Trinajstić information content (AvgIpc) is 2.43. The highest BCUT2D eigenvalue weighted by Crippen LogP contribution is 2.18. The van der Waals surface area contributed by atoms with E-state index in [4.69, 9.17) is 8.85 Å². The van der Waals surface area contributed by atoms with Crippen LogP contribution in [0.4, 0.5) is 5.69 Å². The smallest absolute Gasteiger partial charge is 0.269 e. The molecule has 0 amide bonds. The van der Waals surface area contributed by atoms with E-state index >= 15 is 0 Å². The van der Waals surface area contributed by atoms with Gasteiger partial charge in [-0.05, 0) is 39.1 Å². The van der Waals surface area contributed by atoms with Crippen molar-refractivity contribution in [1.29, 1.82) is 0 Å². The molecular weight excluding hydrogens is 290 g/mol. The van der Waals surface area contributed by atoms with Crippen LogP contribution >= 0.6 is 0 Å². The lowest BCUT2D eigenvalue weighted by molar-refractivity contribution is -0.384. The lowest BCUT2D eigenvalue weighted by atomic mass is 10.3. The first-order valence-electron chi connectivity index (χ1n) is 6.47. The molecule has 0 bridgehead atoms. The normalized spacial score (nSPS) is 12.9. The summed E-state index contributed by atoms with van der Waals surface area (Å²) >= 11 is 0. The van der Waals surface area contributed by atoms with Gasteiger partial charge in [0.15, 0.2) is 9.76 Å². The number of non-ortho nitro benzene ring substituents is 1. The summed E-state index contributed by atoms with van der Waals surface area (Å²) in [4.78, 5) is 10.1. The van der Waals surface area contributed by atoms with Crippen molar-refractivity contribution in [3.63, 3.8) is 0 Å². The van der Waals surface area contributed by atoms with Crippen molar-refractivity contribution in [2.24, 2.45) is 0 Å². The highest BCUT2D eigenvalue weighted by molar-refractivity contribution is 6.75. The second-order valence-corrected chi connectivity index (χ2v) is 11.6. The van der Waals surface area contributed by atoms with E-state index < -0.39 is 23.0 Å². The molecule has 0 saturated heterocycles. The highest BCUT2D eigenvalue weighted by Gasteiger charge is 2.23. The predicted octanol–water partition coefficient (Wildman–Crippen LogP) is 2.74. The van der Waals surface area contributed by atoms with Gasteiger partial charge in [-0.25, -0.2) is 0 Å². The molecule has 0 aromatic heterocycles. The first-order chi connectivity index (χ1) is 9.34. The molecule has 0 heterocycles. The van der Waals surface area contributed by atoms with Crippen LogP contribution in [-0.4, -0.2) is 29.2 Å². The van der Waals surface area contributed by atoms with Crippen LogP contribution in [0.25, 0.3) is 0 Å². The summed E-state index contributed by atoms with van der Waals surface area (Å²) in [6, 6.07) is 6.14. The molecule has 1 aromatic carbocycles. The predicted molar refractivity (Wildman–Crippen MR) is 85.1 cm³/mol. The number of hydrogen-bond acceptors (Lipinski definition) is 4. The van der Waals surface area contributed by atoms with E-state index in [1.807, 2.05) is 6.92 Å². The molecule has 110 valence electrons. The van der Waals surface area contributed by atoms with Crippen LogP contribution < -0.4 is 4.74 Å². The van der Waals surface area contributed by atoms with Crippen molar-refractivity contribution >= 4 is 23.8 Å². The van der Waals surface area contributed by atoms with Crippen molar-refractivity contribution < 1.29 is 13.8 Å². The molecule has 0 unspecified atom stereocenters. The topological polar surface area (TPSA) is 61.6 Å². The average molecular weight is 311 g/mol. The monoisotopic (exact) mass is 311 g/mol. The number of benzene rings is 1. The van der Waals surface area contributed by atoms with Crippen LogP contribution in [-0.2, 0) is 4.12 Å². The minimum absolute atomic E-state index is 0.0706.